The first-order valence-corrected chi connectivity index (χ1v) is 8.31. The number of carboxylic acids is 1. The molecule has 0 aliphatic heterocycles. The summed E-state index contributed by atoms with van der Waals surface area (Å²) in [5, 5.41) is 12.4. The van der Waals surface area contributed by atoms with Gasteiger partial charge < -0.3 is 15.3 Å². The van der Waals surface area contributed by atoms with Gasteiger partial charge in [0.2, 0.25) is 5.91 Å². The van der Waals surface area contributed by atoms with Crippen LogP contribution in [0.3, 0.4) is 0 Å². The molecule has 2 unspecified atom stereocenters. The van der Waals surface area contributed by atoms with Crippen LogP contribution in [0.5, 0.6) is 0 Å². The van der Waals surface area contributed by atoms with E-state index in [4.69, 9.17) is 0 Å². The lowest BCUT2D eigenvalue weighted by Crippen LogP contribution is -2.42. The molecule has 5 nitrogen and oxygen atoms in total. The van der Waals surface area contributed by atoms with E-state index in [0.29, 0.717) is 13.1 Å². The first-order chi connectivity index (χ1) is 10.1. The van der Waals surface area contributed by atoms with E-state index in [2.05, 4.69) is 19.2 Å². The fourth-order valence-electron chi connectivity index (χ4n) is 3.15. The number of nitrogens with one attached hydrogen (secondary N) is 1. The normalized spacial score (nSPS) is 22.0. The monoisotopic (exact) mass is 298 g/mol. The zero-order chi connectivity index (χ0) is 15.7. The third-order valence-corrected chi connectivity index (χ3v) is 4.25. The molecule has 122 valence electrons. The topological polar surface area (TPSA) is 69.6 Å². The van der Waals surface area contributed by atoms with E-state index in [1.807, 2.05) is 4.90 Å². The lowest BCUT2D eigenvalue weighted by molar-refractivity contribution is -0.144. The predicted molar refractivity (Wildman–Crippen MR) is 83.1 cm³/mol. The van der Waals surface area contributed by atoms with Crippen molar-refractivity contribution in [2.24, 2.45) is 11.8 Å². The summed E-state index contributed by atoms with van der Waals surface area (Å²) in [5.74, 6) is -0.647. The molecule has 5 heteroatoms. The molecule has 1 saturated carbocycles. The minimum Gasteiger partial charge on any atom is -0.481 e. The molecule has 1 rings (SSSR count). The Morgan fingerprint density at radius 2 is 1.76 bits per heavy atom. The first-order valence-electron chi connectivity index (χ1n) is 8.31. The van der Waals surface area contributed by atoms with Crippen molar-refractivity contribution < 1.29 is 14.7 Å². The van der Waals surface area contributed by atoms with Crippen molar-refractivity contribution in [3.8, 4) is 0 Å². The van der Waals surface area contributed by atoms with Crippen LogP contribution in [0.2, 0.25) is 0 Å². The molecule has 0 aromatic carbocycles. The van der Waals surface area contributed by atoms with Crippen molar-refractivity contribution >= 4 is 11.9 Å². The maximum absolute atomic E-state index is 12.1. The number of aliphatic carboxylic acids is 1. The van der Waals surface area contributed by atoms with E-state index in [9.17, 15) is 14.7 Å². The van der Waals surface area contributed by atoms with Crippen LogP contribution in [0.4, 0.5) is 0 Å². The van der Waals surface area contributed by atoms with Crippen LogP contribution in [0.1, 0.15) is 52.4 Å². The minimum absolute atomic E-state index is 0.126. The van der Waals surface area contributed by atoms with Crippen LogP contribution in [-0.4, -0.2) is 48.1 Å². The summed E-state index contributed by atoms with van der Waals surface area (Å²) in [6, 6.07) is 0. The molecule has 0 heterocycles. The van der Waals surface area contributed by atoms with Gasteiger partial charge in [-0.15, -0.1) is 0 Å². The quantitative estimate of drug-likeness (QED) is 0.684. The predicted octanol–water partition coefficient (Wildman–Crippen LogP) is 2.12. The van der Waals surface area contributed by atoms with Crippen molar-refractivity contribution in [3.63, 3.8) is 0 Å². The molecule has 0 radical (unpaired) electrons. The molecule has 0 aromatic rings. The van der Waals surface area contributed by atoms with Crippen LogP contribution >= 0.6 is 0 Å². The molecule has 1 aliphatic rings. The summed E-state index contributed by atoms with van der Waals surface area (Å²) in [5.41, 5.74) is 0. The second-order valence-corrected chi connectivity index (χ2v) is 6.00. The first kappa shape index (κ1) is 18.0. The van der Waals surface area contributed by atoms with Gasteiger partial charge in [-0.2, -0.15) is 0 Å². The molecule has 2 atom stereocenters. The number of carbonyl (C=O) groups is 2. The van der Waals surface area contributed by atoms with E-state index in [1.165, 1.54) is 0 Å². The SMILES string of the molecule is CCCN(CCC)C(=O)CNCC1CCCCC1C(=O)O. The third-order valence-electron chi connectivity index (χ3n) is 4.25. The molecule has 1 fully saturated rings. The van der Waals surface area contributed by atoms with Gasteiger partial charge in [0, 0.05) is 13.1 Å². The van der Waals surface area contributed by atoms with Gasteiger partial charge in [0.1, 0.15) is 0 Å². The molecular weight excluding hydrogens is 268 g/mol. The lowest BCUT2D eigenvalue weighted by Gasteiger charge is -2.29. The number of rotatable bonds is 9. The second-order valence-electron chi connectivity index (χ2n) is 6.00. The molecule has 21 heavy (non-hydrogen) atoms. The van der Waals surface area contributed by atoms with Crippen LogP contribution in [0.25, 0.3) is 0 Å². The average Bonchev–Trinajstić information content (AvgIpc) is 2.47. The summed E-state index contributed by atoms with van der Waals surface area (Å²) in [6.45, 7) is 6.70. The van der Waals surface area contributed by atoms with Gasteiger partial charge in [0.15, 0.2) is 0 Å². The van der Waals surface area contributed by atoms with Gasteiger partial charge >= 0.3 is 5.97 Å². The maximum Gasteiger partial charge on any atom is 0.306 e. The largest absolute Gasteiger partial charge is 0.481 e. The van der Waals surface area contributed by atoms with Gasteiger partial charge in [-0.1, -0.05) is 26.7 Å². The van der Waals surface area contributed by atoms with E-state index in [1.54, 1.807) is 0 Å². The Morgan fingerprint density at radius 1 is 1.14 bits per heavy atom. The number of carboxylic acid groups (broad SMARTS) is 1. The molecule has 0 spiro atoms. The van der Waals surface area contributed by atoms with Crippen molar-refractivity contribution in [2.75, 3.05) is 26.2 Å². The highest BCUT2D eigenvalue weighted by Crippen LogP contribution is 2.29. The number of hydrogen-bond acceptors (Lipinski definition) is 3. The van der Waals surface area contributed by atoms with E-state index in [-0.39, 0.29) is 17.7 Å². The van der Waals surface area contributed by atoms with Crippen LogP contribution in [0, 0.1) is 11.8 Å². The summed E-state index contributed by atoms with van der Waals surface area (Å²) in [7, 11) is 0. The van der Waals surface area contributed by atoms with Crippen LogP contribution in [-0.2, 0) is 9.59 Å². The van der Waals surface area contributed by atoms with Gasteiger partial charge in [-0.3, -0.25) is 9.59 Å². The Kier molecular flexibility index (Phi) is 8.35. The Balaban J connectivity index is 2.36. The fourth-order valence-corrected chi connectivity index (χ4v) is 3.15. The van der Waals surface area contributed by atoms with E-state index in [0.717, 1.165) is 51.6 Å². The molecule has 0 saturated heterocycles. The highest BCUT2D eigenvalue weighted by atomic mass is 16.4. The molecule has 1 aliphatic carbocycles. The highest BCUT2D eigenvalue weighted by Gasteiger charge is 2.30. The summed E-state index contributed by atoms with van der Waals surface area (Å²) in [6.07, 6.45) is 5.76. The number of hydrogen-bond donors (Lipinski definition) is 2. The minimum atomic E-state index is -0.689. The van der Waals surface area contributed by atoms with Crippen molar-refractivity contribution in [3.05, 3.63) is 0 Å². The smallest absolute Gasteiger partial charge is 0.306 e. The van der Waals surface area contributed by atoms with E-state index < -0.39 is 5.97 Å². The van der Waals surface area contributed by atoms with Crippen LogP contribution in [0.15, 0.2) is 0 Å². The molecule has 1 amide bonds. The lowest BCUT2D eigenvalue weighted by atomic mass is 9.79. The number of carbonyl (C=O) groups excluding carboxylic acids is 1. The molecular formula is C16H30N2O3. The van der Waals surface area contributed by atoms with Crippen molar-refractivity contribution in [1.29, 1.82) is 0 Å². The zero-order valence-electron chi connectivity index (χ0n) is 13.4. The Morgan fingerprint density at radius 3 is 2.33 bits per heavy atom. The van der Waals surface area contributed by atoms with Gasteiger partial charge in [-0.25, -0.2) is 0 Å². The molecule has 0 bridgehead atoms. The average molecular weight is 298 g/mol. The highest BCUT2D eigenvalue weighted by molar-refractivity contribution is 5.78. The Hall–Kier alpha value is -1.10. The van der Waals surface area contributed by atoms with E-state index >= 15 is 0 Å². The van der Waals surface area contributed by atoms with Gasteiger partial charge in [-0.05, 0) is 38.1 Å². The van der Waals surface area contributed by atoms with Crippen molar-refractivity contribution in [2.45, 2.75) is 52.4 Å². The van der Waals surface area contributed by atoms with Gasteiger partial charge in [0.05, 0.1) is 12.5 Å². The maximum atomic E-state index is 12.1. The zero-order valence-corrected chi connectivity index (χ0v) is 13.4. The van der Waals surface area contributed by atoms with Crippen LogP contribution < -0.4 is 5.32 Å². The molecule has 0 aromatic heterocycles. The second kappa shape index (κ2) is 9.77. The summed E-state index contributed by atoms with van der Waals surface area (Å²) in [4.78, 5) is 25.3. The Bertz CT molecular complexity index is 327. The Labute approximate surface area is 128 Å². The summed E-state index contributed by atoms with van der Waals surface area (Å²) >= 11 is 0. The standard InChI is InChI=1S/C16H30N2O3/c1-3-9-18(10-4-2)15(19)12-17-11-13-7-5-6-8-14(13)16(20)21/h13-14,17H,3-12H2,1-2H3,(H,20,21). The fraction of sp³-hybridized carbons (Fsp3) is 0.875. The number of amides is 1. The summed E-state index contributed by atoms with van der Waals surface area (Å²) < 4.78 is 0. The molecule has 2 N–H and O–H groups in total. The van der Waals surface area contributed by atoms with Gasteiger partial charge in [0.25, 0.3) is 0 Å². The number of nitrogens with zero attached hydrogens (tertiary/aromatic N) is 1. The van der Waals surface area contributed by atoms with Crippen molar-refractivity contribution in [1.82, 2.24) is 10.2 Å². The third kappa shape index (κ3) is 6.04.